The van der Waals surface area contributed by atoms with Crippen molar-refractivity contribution in [3.8, 4) is 0 Å². The Morgan fingerprint density at radius 2 is 2.17 bits per heavy atom. The van der Waals surface area contributed by atoms with Gasteiger partial charge in [0.15, 0.2) is 5.76 Å². The predicted octanol–water partition coefficient (Wildman–Crippen LogP) is 2.22. The van der Waals surface area contributed by atoms with E-state index in [9.17, 15) is 8.42 Å². The summed E-state index contributed by atoms with van der Waals surface area (Å²) in [6.07, 6.45) is 1.47. The fourth-order valence-electron chi connectivity index (χ4n) is 1.37. The minimum atomic E-state index is -3.53. The third-order valence-corrected chi connectivity index (χ3v) is 4.66. The average molecular weight is 331 g/mol. The molecule has 96 valence electrons. The minimum Gasteiger partial charge on any atom is -0.360 e. The molecule has 0 atom stereocenters. The van der Waals surface area contributed by atoms with Crippen molar-refractivity contribution in [3.63, 3.8) is 0 Å². The molecule has 18 heavy (non-hydrogen) atoms. The topological polar surface area (TPSA) is 72.2 Å². The second kappa shape index (κ2) is 5.21. The van der Waals surface area contributed by atoms with E-state index >= 15 is 0 Å². The van der Waals surface area contributed by atoms with Gasteiger partial charge in [-0.3, -0.25) is 0 Å². The molecule has 1 aromatic carbocycles. The lowest BCUT2D eigenvalue weighted by atomic mass is 10.2. The summed E-state index contributed by atoms with van der Waals surface area (Å²) in [5, 5.41) is 3.51. The molecule has 1 aromatic heterocycles. The molecule has 0 aliphatic heterocycles. The molecule has 0 aliphatic carbocycles. The normalized spacial score (nSPS) is 11.7. The zero-order chi connectivity index (χ0) is 13.2. The van der Waals surface area contributed by atoms with Crippen molar-refractivity contribution in [3.05, 3.63) is 46.3 Å². The zero-order valence-corrected chi connectivity index (χ0v) is 12.0. The van der Waals surface area contributed by atoms with Crippen molar-refractivity contribution < 1.29 is 12.9 Å². The first-order valence-electron chi connectivity index (χ1n) is 5.14. The van der Waals surface area contributed by atoms with Crippen molar-refractivity contribution in [2.75, 3.05) is 0 Å². The van der Waals surface area contributed by atoms with Gasteiger partial charge in [0.25, 0.3) is 0 Å². The summed E-state index contributed by atoms with van der Waals surface area (Å²) in [5.74, 6) is 0.465. The molecule has 0 unspecified atom stereocenters. The Morgan fingerprint density at radius 3 is 2.78 bits per heavy atom. The van der Waals surface area contributed by atoms with Crippen LogP contribution in [0.25, 0.3) is 0 Å². The second-order valence-corrected chi connectivity index (χ2v) is 6.34. The summed E-state index contributed by atoms with van der Waals surface area (Å²) in [6.45, 7) is 1.91. The summed E-state index contributed by atoms with van der Waals surface area (Å²) >= 11 is 3.33. The second-order valence-electron chi connectivity index (χ2n) is 3.71. The summed E-state index contributed by atoms with van der Waals surface area (Å²) in [7, 11) is -3.53. The molecule has 1 heterocycles. The average Bonchev–Trinajstić information content (AvgIpc) is 2.83. The Kier molecular flexibility index (Phi) is 3.84. The van der Waals surface area contributed by atoms with Gasteiger partial charge >= 0.3 is 0 Å². The van der Waals surface area contributed by atoms with Crippen LogP contribution in [-0.2, 0) is 16.6 Å². The molecule has 0 radical (unpaired) electrons. The van der Waals surface area contributed by atoms with E-state index < -0.39 is 10.0 Å². The molecule has 2 aromatic rings. The van der Waals surface area contributed by atoms with Crippen LogP contribution in [0, 0.1) is 6.92 Å². The van der Waals surface area contributed by atoms with E-state index in [1.165, 1.54) is 6.20 Å². The predicted molar refractivity (Wildman–Crippen MR) is 69.4 cm³/mol. The van der Waals surface area contributed by atoms with Gasteiger partial charge in [0.1, 0.15) is 0 Å². The van der Waals surface area contributed by atoms with Crippen LogP contribution in [-0.4, -0.2) is 13.6 Å². The van der Waals surface area contributed by atoms with Crippen LogP contribution in [0.2, 0.25) is 0 Å². The molecular weight excluding hydrogens is 320 g/mol. The number of nitrogens with one attached hydrogen (secondary N) is 1. The molecule has 0 spiro atoms. The number of halogens is 1. The van der Waals surface area contributed by atoms with Crippen LogP contribution in [0.4, 0.5) is 0 Å². The third-order valence-electron chi connectivity index (χ3n) is 2.37. The first kappa shape index (κ1) is 13.3. The lowest BCUT2D eigenvalue weighted by molar-refractivity contribution is 0.380. The molecular formula is C11H11BrN2O3S. The fraction of sp³-hybridized carbons (Fsp3) is 0.182. The number of aryl methyl sites for hydroxylation is 1. The molecule has 0 saturated heterocycles. The SMILES string of the molecule is Cc1cc(S(=O)(=O)NCc2ccno2)ccc1Br. The van der Waals surface area contributed by atoms with Crippen LogP contribution < -0.4 is 4.72 Å². The summed E-state index contributed by atoms with van der Waals surface area (Å²) in [4.78, 5) is 0.225. The Balaban J connectivity index is 2.17. The van der Waals surface area contributed by atoms with E-state index in [0.29, 0.717) is 5.76 Å². The van der Waals surface area contributed by atoms with Crippen molar-refractivity contribution in [1.82, 2.24) is 9.88 Å². The van der Waals surface area contributed by atoms with Gasteiger partial charge in [-0.05, 0) is 30.7 Å². The van der Waals surface area contributed by atoms with Gasteiger partial charge in [0.2, 0.25) is 10.0 Å². The van der Waals surface area contributed by atoms with Crippen molar-refractivity contribution in [2.24, 2.45) is 0 Å². The maximum atomic E-state index is 12.0. The highest BCUT2D eigenvalue weighted by Crippen LogP contribution is 2.20. The molecule has 0 amide bonds. The Bertz CT molecular complexity index is 638. The molecule has 7 heteroatoms. The molecule has 0 saturated carbocycles. The largest absolute Gasteiger partial charge is 0.360 e. The van der Waals surface area contributed by atoms with Gasteiger partial charge in [0.05, 0.1) is 17.6 Å². The maximum absolute atomic E-state index is 12.0. The van der Waals surface area contributed by atoms with E-state index in [1.54, 1.807) is 24.3 Å². The van der Waals surface area contributed by atoms with Gasteiger partial charge in [-0.15, -0.1) is 0 Å². The lowest BCUT2D eigenvalue weighted by Crippen LogP contribution is -2.23. The molecule has 1 N–H and O–H groups in total. The Hall–Kier alpha value is -1.18. The lowest BCUT2D eigenvalue weighted by Gasteiger charge is -2.06. The van der Waals surface area contributed by atoms with Gasteiger partial charge in [0, 0.05) is 10.5 Å². The van der Waals surface area contributed by atoms with E-state index in [0.717, 1.165) is 10.0 Å². The van der Waals surface area contributed by atoms with E-state index in [-0.39, 0.29) is 11.4 Å². The number of sulfonamides is 1. The number of hydrogen-bond donors (Lipinski definition) is 1. The number of hydrogen-bond acceptors (Lipinski definition) is 4. The molecule has 0 aliphatic rings. The van der Waals surface area contributed by atoms with Gasteiger partial charge < -0.3 is 4.52 Å². The van der Waals surface area contributed by atoms with Gasteiger partial charge in [-0.25, -0.2) is 13.1 Å². The smallest absolute Gasteiger partial charge is 0.240 e. The van der Waals surface area contributed by atoms with Crippen LogP contribution in [0.15, 0.2) is 44.4 Å². The fourth-order valence-corrected chi connectivity index (χ4v) is 2.69. The first-order valence-corrected chi connectivity index (χ1v) is 7.42. The number of nitrogens with zero attached hydrogens (tertiary/aromatic N) is 1. The number of aromatic nitrogens is 1. The molecule has 0 bridgehead atoms. The van der Waals surface area contributed by atoms with E-state index in [1.807, 2.05) is 6.92 Å². The van der Waals surface area contributed by atoms with Gasteiger partial charge in [-0.1, -0.05) is 21.1 Å². The zero-order valence-electron chi connectivity index (χ0n) is 9.55. The summed E-state index contributed by atoms with van der Waals surface area (Å²) in [5.41, 5.74) is 0.859. The van der Waals surface area contributed by atoms with Crippen LogP contribution in [0.5, 0.6) is 0 Å². The molecule has 5 nitrogen and oxygen atoms in total. The standard InChI is InChI=1S/C11H11BrN2O3S/c1-8-6-10(2-3-11(8)12)18(15,16)14-7-9-4-5-13-17-9/h2-6,14H,7H2,1H3. The number of benzene rings is 1. The minimum absolute atomic E-state index is 0.0808. The molecule has 2 rings (SSSR count). The monoisotopic (exact) mass is 330 g/mol. The third kappa shape index (κ3) is 2.98. The van der Waals surface area contributed by atoms with Crippen molar-refractivity contribution in [1.29, 1.82) is 0 Å². The highest BCUT2D eigenvalue weighted by molar-refractivity contribution is 9.10. The van der Waals surface area contributed by atoms with E-state index in [2.05, 4.69) is 25.8 Å². The van der Waals surface area contributed by atoms with Crippen LogP contribution in [0.3, 0.4) is 0 Å². The van der Waals surface area contributed by atoms with Crippen molar-refractivity contribution >= 4 is 26.0 Å². The van der Waals surface area contributed by atoms with E-state index in [4.69, 9.17) is 4.52 Å². The van der Waals surface area contributed by atoms with Crippen molar-refractivity contribution in [2.45, 2.75) is 18.4 Å². The molecule has 0 fully saturated rings. The highest BCUT2D eigenvalue weighted by Gasteiger charge is 2.15. The van der Waals surface area contributed by atoms with Crippen LogP contribution >= 0.6 is 15.9 Å². The highest BCUT2D eigenvalue weighted by atomic mass is 79.9. The quantitative estimate of drug-likeness (QED) is 0.932. The maximum Gasteiger partial charge on any atom is 0.240 e. The summed E-state index contributed by atoms with van der Waals surface area (Å²) < 4.78 is 32.1. The van der Waals surface area contributed by atoms with Gasteiger partial charge in [-0.2, -0.15) is 0 Å². The Labute approximate surface area is 113 Å². The number of rotatable bonds is 4. The first-order chi connectivity index (χ1) is 8.49. The van der Waals surface area contributed by atoms with Crippen LogP contribution in [0.1, 0.15) is 11.3 Å². The Morgan fingerprint density at radius 1 is 1.39 bits per heavy atom. The summed E-state index contributed by atoms with van der Waals surface area (Å²) in [6, 6.07) is 6.46.